The van der Waals surface area contributed by atoms with Crippen molar-refractivity contribution in [2.45, 2.75) is 53.7 Å². The monoisotopic (exact) mass is 418 g/mol. The molecule has 8 heteroatoms. The fraction of sp³-hybridized carbons (Fsp3) is 0.435. The first-order valence-electron chi connectivity index (χ1n) is 10.2. The molecule has 0 aromatic carbocycles. The third-order valence-corrected chi connectivity index (χ3v) is 6.35. The smallest absolute Gasteiger partial charge is 0.270 e. The van der Waals surface area contributed by atoms with Crippen LogP contribution in [-0.2, 0) is 0 Å². The van der Waals surface area contributed by atoms with E-state index in [4.69, 9.17) is 10.00 Å². The third-order valence-electron chi connectivity index (χ3n) is 6.35. The van der Waals surface area contributed by atoms with Crippen molar-refractivity contribution in [2.24, 2.45) is 10.8 Å². The van der Waals surface area contributed by atoms with Crippen LogP contribution in [0.1, 0.15) is 55.1 Å². The van der Waals surface area contributed by atoms with Crippen LogP contribution < -0.4 is 10.1 Å². The Hall–Kier alpha value is -3.47. The largest absolute Gasteiger partial charge is 0.473 e. The van der Waals surface area contributed by atoms with Crippen molar-refractivity contribution >= 4 is 11.6 Å². The molecule has 0 saturated heterocycles. The zero-order valence-electron chi connectivity index (χ0n) is 18.6. The van der Waals surface area contributed by atoms with E-state index >= 15 is 0 Å². The number of aryl methyl sites for hydroxylation is 2. The van der Waals surface area contributed by atoms with E-state index in [2.05, 4.69) is 54.0 Å². The summed E-state index contributed by atoms with van der Waals surface area (Å²) >= 11 is 0. The van der Waals surface area contributed by atoms with Crippen molar-refractivity contribution in [2.75, 3.05) is 0 Å². The molecule has 1 saturated carbocycles. The summed E-state index contributed by atoms with van der Waals surface area (Å²) in [5.74, 6) is 0.311. The number of nitrogens with one attached hydrogen (secondary N) is 1. The fourth-order valence-electron chi connectivity index (χ4n) is 5.14. The first-order chi connectivity index (χ1) is 14.6. The number of carbonyl (C=O) groups excluding carboxylic acids is 1. The Labute approximate surface area is 181 Å². The van der Waals surface area contributed by atoms with Gasteiger partial charge in [-0.05, 0) is 19.9 Å². The highest BCUT2D eigenvalue weighted by atomic mass is 16.5. The predicted octanol–water partition coefficient (Wildman–Crippen LogP) is 3.22. The molecule has 0 spiro atoms. The number of hydrogen-bond donors (Lipinski definition) is 1. The maximum absolute atomic E-state index is 13.2. The second kappa shape index (κ2) is 7.05. The van der Waals surface area contributed by atoms with E-state index in [1.165, 1.54) is 0 Å². The summed E-state index contributed by atoms with van der Waals surface area (Å²) in [5.41, 5.74) is 2.31. The highest BCUT2D eigenvalue weighted by Crippen LogP contribution is 2.55. The van der Waals surface area contributed by atoms with Crippen LogP contribution in [0.15, 0.2) is 30.7 Å². The topological polar surface area (TPSA) is 105 Å². The quantitative estimate of drug-likeness (QED) is 0.697. The number of fused-ring (bicyclic) bond motifs is 1. The molecule has 0 radical (unpaired) electrons. The van der Waals surface area contributed by atoms with Gasteiger partial charge in [0.25, 0.3) is 5.91 Å². The molecule has 1 aliphatic carbocycles. The molecule has 3 aromatic heterocycles. The number of pyridine rings is 1. The Kier molecular flexibility index (Phi) is 4.73. The molecular weight excluding hydrogens is 392 g/mol. The van der Waals surface area contributed by atoms with E-state index in [0.29, 0.717) is 34.2 Å². The van der Waals surface area contributed by atoms with E-state index < -0.39 is 0 Å². The van der Waals surface area contributed by atoms with Gasteiger partial charge in [0.15, 0.2) is 5.65 Å². The summed E-state index contributed by atoms with van der Waals surface area (Å²) in [4.78, 5) is 26.2. The average molecular weight is 419 g/mol. The van der Waals surface area contributed by atoms with E-state index in [0.717, 1.165) is 0 Å². The highest BCUT2D eigenvalue weighted by molar-refractivity contribution is 5.95. The number of nitriles is 1. The Bertz CT molecular complexity index is 1200. The van der Waals surface area contributed by atoms with Gasteiger partial charge < -0.3 is 10.1 Å². The van der Waals surface area contributed by atoms with Crippen LogP contribution in [0.4, 0.5) is 0 Å². The lowest BCUT2D eigenvalue weighted by Crippen LogP contribution is -2.74. The Balaban J connectivity index is 1.56. The number of rotatable bonds is 4. The van der Waals surface area contributed by atoms with Crippen molar-refractivity contribution in [3.63, 3.8) is 0 Å². The van der Waals surface area contributed by atoms with Gasteiger partial charge in [0.2, 0.25) is 5.88 Å². The zero-order valence-corrected chi connectivity index (χ0v) is 18.6. The molecule has 8 nitrogen and oxygen atoms in total. The van der Waals surface area contributed by atoms with Crippen LogP contribution in [0.3, 0.4) is 0 Å². The van der Waals surface area contributed by atoms with E-state index in [1.54, 1.807) is 42.0 Å². The molecule has 0 bridgehead atoms. The number of nitrogens with zero attached hydrogens (tertiary/aromatic N) is 5. The van der Waals surface area contributed by atoms with Crippen LogP contribution in [-0.4, -0.2) is 37.4 Å². The second-order valence-electron chi connectivity index (χ2n) is 9.29. The SMILES string of the molecule is Cc1nc(OC2C(C)(C)C(NC(=O)c3c(C)nc4cnccn34)C2(C)C)ccc1C#N. The molecule has 0 atom stereocenters. The van der Waals surface area contributed by atoms with Crippen LogP contribution >= 0.6 is 0 Å². The standard InChI is InChI=1S/C23H26N6O2/c1-13-15(11-24)7-8-17(27-13)31-21-22(3,4)20(23(21,5)6)28-19(30)18-14(2)26-16-12-25-9-10-29(16)18/h7-10,12,20-21H,1-6H3,(H,28,30). The lowest BCUT2D eigenvalue weighted by Gasteiger charge is -2.62. The first-order valence-corrected chi connectivity index (χ1v) is 10.2. The summed E-state index contributed by atoms with van der Waals surface area (Å²) < 4.78 is 8.02. The van der Waals surface area contributed by atoms with E-state index in [9.17, 15) is 4.79 Å². The van der Waals surface area contributed by atoms with Crippen LogP contribution in [0, 0.1) is 36.0 Å². The molecular formula is C23H26N6O2. The maximum Gasteiger partial charge on any atom is 0.270 e. The van der Waals surface area contributed by atoms with Crippen molar-refractivity contribution in [3.8, 4) is 11.9 Å². The Morgan fingerprint density at radius 2 is 1.87 bits per heavy atom. The van der Waals surface area contributed by atoms with Gasteiger partial charge in [0, 0.05) is 35.3 Å². The predicted molar refractivity (Wildman–Crippen MR) is 115 cm³/mol. The zero-order chi connectivity index (χ0) is 22.6. The van der Waals surface area contributed by atoms with Crippen molar-refractivity contribution < 1.29 is 9.53 Å². The van der Waals surface area contributed by atoms with E-state index in [1.807, 2.05) is 6.92 Å². The lowest BCUT2D eigenvalue weighted by atomic mass is 9.49. The minimum absolute atomic E-state index is 0.122. The molecule has 1 amide bonds. The molecule has 0 aliphatic heterocycles. The number of ether oxygens (including phenoxy) is 1. The summed E-state index contributed by atoms with van der Waals surface area (Å²) in [6.07, 6.45) is 4.85. The van der Waals surface area contributed by atoms with Gasteiger partial charge in [0.05, 0.1) is 23.1 Å². The minimum atomic E-state index is -0.335. The minimum Gasteiger partial charge on any atom is -0.473 e. The molecule has 3 heterocycles. The van der Waals surface area contributed by atoms with Gasteiger partial charge in [-0.1, -0.05) is 27.7 Å². The number of hydrogen-bond acceptors (Lipinski definition) is 6. The fourth-order valence-corrected chi connectivity index (χ4v) is 5.14. The van der Waals surface area contributed by atoms with Gasteiger partial charge in [-0.15, -0.1) is 0 Å². The van der Waals surface area contributed by atoms with Gasteiger partial charge in [-0.25, -0.2) is 9.97 Å². The molecule has 31 heavy (non-hydrogen) atoms. The average Bonchev–Trinajstić information content (AvgIpc) is 3.05. The molecule has 160 valence electrons. The Morgan fingerprint density at radius 3 is 2.52 bits per heavy atom. The van der Waals surface area contributed by atoms with Gasteiger partial charge in [-0.3, -0.25) is 14.2 Å². The summed E-state index contributed by atoms with van der Waals surface area (Å²) in [6, 6.07) is 5.44. The molecule has 1 N–H and O–H groups in total. The summed E-state index contributed by atoms with van der Waals surface area (Å²) in [6.45, 7) is 11.9. The maximum atomic E-state index is 13.2. The summed E-state index contributed by atoms with van der Waals surface area (Å²) in [5, 5.41) is 12.3. The van der Waals surface area contributed by atoms with Crippen LogP contribution in [0.5, 0.6) is 5.88 Å². The van der Waals surface area contributed by atoms with Gasteiger partial charge >= 0.3 is 0 Å². The second-order valence-corrected chi connectivity index (χ2v) is 9.29. The summed E-state index contributed by atoms with van der Waals surface area (Å²) in [7, 11) is 0. The van der Waals surface area contributed by atoms with Crippen molar-refractivity contribution in [3.05, 3.63) is 53.4 Å². The molecule has 1 fully saturated rings. The molecule has 3 aromatic rings. The molecule has 1 aliphatic rings. The number of imidazole rings is 1. The van der Waals surface area contributed by atoms with Crippen molar-refractivity contribution in [1.29, 1.82) is 5.26 Å². The lowest BCUT2D eigenvalue weighted by molar-refractivity contribution is -0.165. The number of amides is 1. The number of aromatic nitrogens is 4. The first kappa shape index (κ1) is 20.8. The van der Waals surface area contributed by atoms with Crippen LogP contribution in [0.2, 0.25) is 0 Å². The molecule has 4 rings (SSSR count). The normalized spacial score (nSPS) is 21.2. The third kappa shape index (κ3) is 3.21. The van der Waals surface area contributed by atoms with Crippen LogP contribution in [0.25, 0.3) is 5.65 Å². The van der Waals surface area contributed by atoms with Crippen molar-refractivity contribution in [1.82, 2.24) is 24.7 Å². The van der Waals surface area contributed by atoms with Gasteiger partial charge in [0.1, 0.15) is 17.9 Å². The number of carbonyl (C=O) groups is 1. The van der Waals surface area contributed by atoms with Gasteiger partial charge in [-0.2, -0.15) is 5.26 Å². The highest BCUT2D eigenvalue weighted by Gasteiger charge is 2.64. The van der Waals surface area contributed by atoms with E-state index in [-0.39, 0.29) is 28.9 Å². The molecule has 0 unspecified atom stereocenters. The Morgan fingerprint density at radius 1 is 1.16 bits per heavy atom.